The van der Waals surface area contributed by atoms with E-state index in [1.165, 1.54) is 13.2 Å². The Kier molecular flexibility index (Phi) is 6.04. The molecular weight excluding hydrogens is 368 g/mol. The maximum atomic E-state index is 12.6. The number of rotatable bonds is 5. The fourth-order valence-corrected chi connectivity index (χ4v) is 2.77. The average Bonchev–Trinajstić information content (AvgIpc) is 2.78. The molecule has 29 heavy (non-hydrogen) atoms. The second kappa shape index (κ2) is 8.84. The first-order valence-corrected chi connectivity index (χ1v) is 8.92. The molecule has 0 saturated carbocycles. The van der Waals surface area contributed by atoms with Crippen molar-refractivity contribution >= 4 is 29.2 Å². The van der Waals surface area contributed by atoms with Crippen molar-refractivity contribution in [2.24, 2.45) is 0 Å². The van der Waals surface area contributed by atoms with Gasteiger partial charge in [-0.3, -0.25) is 9.59 Å². The highest BCUT2D eigenvalue weighted by atomic mass is 16.5. The summed E-state index contributed by atoms with van der Waals surface area (Å²) in [4.78, 5) is 38.3. The average molecular weight is 388 g/mol. The van der Waals surface area contributed by atoms with Gasteiger partial charge in [0, 0.05) is 29.5 Å². The van der Waals surface area contributed by atoms with Gasteiger partial charge in [-0.25, -0.2) is 4.79 Å². The molecule has 0 bridgehead atoms. The van der Waals surface area contributed by atoms with Crippen LogP contribution in [-0.4, -0.2) is 31.9 Å². The van der Waals surface area contributed by atoms with Crippen molar-refractivity contribution in [3.63, 3.8) is 0 Å². The van der Waals surface area contributed by atoms with Crippen molar-refractivity contribution in [2.45, 2.75) is 0 Å². The fraction of sp³-hybridized carbons (Fsp3) is 0.0870. The number of para-hydroxylation sites is 1. The normalized spacial score (nSPS) is 10.1. The minimum atomic E-state index is -0.509. The van der Waals surface area contributed by atoms with Gasteiger partial charge in [0.1, 0.15) is 0 Å². The molecule has 146 valence electrons. The summed E-state index contributed by atoms with van der Waals surface area (Å²) in [6.07, 6.45) is 0. The molecule has 0 fully saturated rings. The van der Waals surface area contributed by atoms with Gasteiger partial charge in [-0.15, -0.1) is 0 Å². The van der Waals surface area contributed by atoms with Crippen molar-refractivity contribution in [1.82, 2.24) is 0 Å². The summed E-state index contributed by atoms with van der Waals surface area (Å²) in [6, 6.07) is 22.2. The highest BCUT2D eigenvalue weighted by molar-refractivity contribution is 6.07. The van der Waals surface area contributed by atoms with Gasteiger partial charge in [-0.2, -0.15) is 0 Å². The van der Waals surface area contributed by atoms with Crippen LogP contribution in [0.2, 0.25) is 0 Å². The molecular formula is C23H20N2O4. The monoisotopic (exact) mass is 388 g/mol. The van der Waals surface area contributed by atoms with Crippen LogP contribution in [0.4, 0.5) is 11.4 Å². The Bertz CT molecular complexity index is 1030. The van der Waals surface area contributed by atoms with Gasteiger partial charge in [-0.1, -0.05) is 24.3 Å². The maximum absolute atomic E-state index is 12.6. The molecule has 1 N–H and O–H groups in total. The molecule has 0 aromatic heterocycles. The van der Waals surface area contributed by atoms with Gasteiger partial charge in [0.25, 0.3) is 11.8 Å². The topological polar surface area (TPSA) is 75.7 Å². The summed E-state index contributed by atoms with van der Waals surface area (Å²) in [6.45, 7) is 0. The molecule has 0 radical (unpaired) electrons. The number of benzene rings is 3. The second-order valence-electron chi connectivity index (χ2n) is 6.30. The predicted molar refractivity (Wildman–Crippen MR) is 111 cm³/mol. The molecule has 0 saturated heterocycles. The van der Waals surface area contributed by atoms with E-state index in [-0.39, 0.29) is 11.8 Å². The molecule has 0 spiro atoms. The Balaban J connectivity index is 1.70. The number of ether oxygens (including phenoxy) is 1. The third kappa shape index (κ3) is 4.68. The number of amides is 2. The Labute approximate surface area is 168 Å². The van der Waals surface area contributed by atoms with Gasteiger partial charge < -0.3 is 15.0 Å². The molecule has 0 aliphatic rings. The second-order valence-corrected chi connectivity index (χ2v) is 6.30. The number of hydrogen-bond acceptors (Lipinski definition) is 4. The van der Waals surface area contributed by atoms with Crippen LogP contribution in [0.5, 0.6) is 0 Å². The van der Waals surface area contributed by atoms with Gasteiger partial charge in [-0.05, 0) is 54.6 Å². The summed E-state index contributed by atoms with van der Waals surface area (Å²) >= 11 is 0. The zero-order valence-electron chi connectivity index (χ0n) is 16.1. The van der Waals surface area contributed by atoms with E-state index in [1.807, 2.05) is 30.3 Å². The number of nitrogens with zero attached hydrogens (tertiary/aromatic N) is 1. The maximum Gasteiger partial charge on any atom is 0.337 e. The number of esters is 1. The summed E-state index contributed by atoms with van der Waals surface area (Å²) in [5.41, 5.74) is 2.46. The first-order chi connectivity index (χ1) is 14.0. The van der Waals surface area contributed by atoms with E-state index in [9.17, 15) is 14.4 Å². The number of carbonyl (C=O) groups excluding carboxylic acids is 3. The summed E-state index contributed by atoms with van der Waals surface area (Å²) in [7, 11) is 2.99. The SMILES string of the molecule is COC(=O)c1cccc(C(=O)Nc2ccc(C(=O)N(C)c3ccccc3)cc2)c1. The summed E-state index contributed by atoms with van der Waals surface area (Å²) < 4.78 is 4.67. The van der Waals surface area contributed by atoms with Gasteiger partial charge >= 0.3 is 5.97 Å². The first-order valence-electron chi connectivity index (χ1n) is 8.92. The van der Waals surface area contributed by atoms with E-state index in [1.54, 1.807) is 54.4 Å². The lowest BCUT2D eigenvalue weighted by Crippen LogP contribution is -2.26. The van der Waals surface area contributed by atoms with Crippen LogP contribution in [0.1, 0.15) is 31.1 Å². The van der Waals surface area contributed by atoms with E-state index in [0.717, 1.165) is 5.69 Å². The minimum Gasteiger partial charge on any atom is -0.465 e. The van der Waals surface area contributed by atoms with Crippen molar-refractivity contribution in [3.05, 3.63) is 95.6 Å². The zero-order valence-corrected chi connectivity index (χ0v) is 16.1. The lowest BCUT2D eigenvalue weighted by Gasteiger charge is -2.17. The molecule has 3 aromatic carbocycles. The Morgan fingerprint density at radius 3 is 2.10 bits per heavy atom. The molecule has 0 aliphatic carbocycles. The quantitative estimate of drug-likeness (QED) is 0.671. The largest absolute Gasteiger partial charge is 0.465 e. The molecule has 2 amide bonds. The predicted octanol–water partition coefficient (Wildman–Crippen LogP) is 4.00. The smallest absolute Gasteiger partial charge is 0.337 e. The molecule has 0 atom stereocenters. The molecule has 6 nitrogen and oxygen atoms in total. The van der Waals surface area contributed by atoms with Gasteiger partial charge in [0.05, 0.1) is 12.7 Å². The molecule has 0 heterocycles. The third-order valence-corrected chi connectivity index (χ3v) is 4.38. The van der Waals surface area contributed by atoms with Crippen LogP contribution in [0, 0.1) is 0 Å². The highest BCUT2D eigenvalue weighted by Crippen LogP contribution is 2.17. The van der Waals surface area contributed by atoms with Crippen LogP contribution in [-0.2, 0) is 4.74 Å². The minimum absolute atomic E-state index is 0.153. The van der Waals surface area contributed by atoms with Crippen LogP contribution in [0.15, 0.2) is 78.9 Å². The van der Waals surface area contributed by atoms with Crippen LogP contribution >= 0.6 is 0 Å². The fourth-order valence-electron chi connectivity index (χ4n) is 2.77. The first kappa shape index (κ1) is 19.8. The van der Waals surface area contributed by atoms with Crippen molar-refractivity contribution < 1.29 is 19.1 Å². The molecule has 0 aliphatic heterocycles. The Hall–Kier alpha value is -3.93. The van der Waals surface area contributed by atoms with E-state index in [0.29, 0.717) is 22.4 Å². The van der Waals surface area contributed by atoms with Crippen LogP contribution < -0.4 is 10.2 Å². The third-order valence-electron chi connectivity index (χ3n) is 4.38. The van der Waals surface area contributed by atoms with Crippen molar-refractivity contribution in [1.29, 1.82) is 0 Å². The number of nitrogens with one attached hydrogen (secondary N) is 1. The van der Waals surface area contributed by atoms with Crippen molar-refractivity contribution in [3.8, 4) is 0 Å². The number of carbonyl (C=O) groups is 3. The number of anilines is 2. The molecule has 3 aromatic rings. The number of methoxy groups -OCH3 is 1. The Morgan fingerprint density at radius 1 is 0.793 bits per heavy atom. The van der Waals surface area contributed by atoms with E-state index < -0.39 is 5.97 Å². The van der Waals surface area contributed by atoms with E-state index in [4.69, 9.17) is 0 Å². The Morgan fingerprint density at radius 2 is 1.45 bits per heavy atom. The van der Waals surface area contributed by atoms with E-state index in [2.05, 4.69) is 10.1 Å². The van der Waals surface area contributed by atoms with Crippen LogP contribution in [0.3, 0.4) is 0 Å². The number of hydrogen-bond donors (Lipinski definition) is 1. The van der Waals surface area contributed by atoms with E-state index >= 15 is 0 Å². The standard InChI is InChI=1S/C23H20N2O4/c1-25(20-9-4-3-5-10-20)22(27)16-11-13-19(14-12-16)24-21(26)17-7-6-8-18(15-17)23(28)29-2/h3-15H,1-2H3,(H,24,26). The van der Waals surface area contributed by atoms with Crippen molar-refractivity contribution in [2.75, 3.05) is 24.4 Å². The molecule has 6 heteroatoms. The summed E-state index contributed by atoms with van der Waals surface area (Å²) in [5.74, 6) is -1.03. The van der Waals surface area contributed by atoms with Crippen LogP contribution in [0.25, 0.3) is 0 Å². The van der Waals surface area contributed by atoms with Gasteiger partial charge in [0.2, 0.25) is 0 Å². The van der Waals surface area contributed by atoms with Gasteiger partial charge in [0.15, 0.2) is 0 Å². The lowest BCUT2D eigenvalue weighted by atomic mass is 10.1. The zero-order chi connectivity index (χ0) is 20.8. The summed E-state index contributed by atoms with van der Waals surface area (Å²) in [5, 5.41) is 2.75. The molecule has 3 rings (SSSR count). The highest BCUT2D eigenvalue weighted by Gasteiger charge is 2.14. The lowest BCUT2D eigenvalue weighted by molar-refractivity contribution is 0.0600. The molecule has 0 unspecified atom stereocenters.